The van der Waals surface area contributed by atoms with Gasteiger partial charge in [0.2, 0.25) is 0 Å². The summed E-state index contributed by atoms with van der Waals surface area (Å²) in [6, 6.07) is 36.3. The lowest BCUT2D eigenvalue weighted by molar-refractivity contribution is 0.348. The third kappa shape index (κ3) is 3.13. The second kappa shape index (κ2) is 9.04. The summed E-state index contributed by atoms with van der Waals surface area (Å²) in [4.78, 5) is 0. The average molecular weight is 617 g/mol. The molecule has 10 rings (SSSR count). The van der Waals surface area contributed by atoms with E-state index in [1.807, 2.05) is 0 Å². The average Bonchev–Trinajstić information content (AvgIpc) is 3.60. The topological polar surface area (TPSA) is 47.6 Å². The molecule has 0 heterocycles. The van der Waals surface area contributed by atoms with E-state index in [0.717, 1.165) is 34.7 Å². The number of hydrogen-bond acceptors (Lipinski definition) is 2. The minimum absolute atomic E-state index is 0.0498. The highest BCUT2D eigenvalue weighted by atomic mass is 14.5. The van der Waals surface area contributed by atoms with Crippen LogP contribution in [0.15, 0.2) is 84.9 Å². The highest BCUT2D eigenvalue weighted by molar-refractivity contribution is 6.08. The van der Waals surface area contributed by atoms with Crippen LogP contribution in [0.3, 0.4) is 0 Å². The highest BCUT2D eigenvalue weighted by Gasteiger charge is 2.52. The van der Waals surface area contributed by atoms with Crippen LogP contribution in [0.5, 0.6) is 0 Å². The van der Waals surface area contributed by atoms with Gasteiger partial charge in [-0.1, -0.05) is 108 Å². The Balaban J connectivity index is 1.29. The standard InChI is InChI=1S/C46H36N2/c1-44(2)36-22-34-32-16-17-33-40-30-14-8-6-12-28(30)27(25-48)21-39(40)45(3,4)42(33)43(32)46(18-10-5-11-19-46)37(34)23-35(36)41-31-15-9-7-13-29(31)26(24-47)20-38(41)44/h6-9,12-17,20-23H,5,10-11,18-19H2,1-4H3. The highest BCUT2D eigenvalue weighted by Crippen LogP contribution is 2.65. The fourth-order valence-corrected chi connectivity index (χ4v) is 10.7. The molecule has 2 heteroatoms. The van der Waals surface area contributed by atoms with Crippen molar-refractivity contribution in [2.45, 2.75) is 76.0 Å². The van der Waals surface area contributed by atoms with E-state index in [4.69, 9.17) is 0 Å². The van der Waals surface area contributed by atoms with Crippen LogP contribution < -0.4 is 0 Å². The minimum atomic E-state index is -0.239. The molecule has 0 amide bonds. The summed E-state index contributed by atoms with van der Waals surface area (Å²) in [5.74, 6) is 0. The lowest BCUT2D eigenvalue weighted by atomic mass is 9.64. The van der Waals surface area contributed by atoms with Crippen molar-refractivity contribution in [1.82, 2.24) is 0 Å². The Bertz CT molecular complexity index is 2560. The van der Waals surface area contributed by atoms with Gasteiger partial charge < -0.3 is 0 Å². The molecule has 48 heavy (non-hydrogen) atoms. The second-order valence-corrected chi connectivity index (χ2v) is 15.8. The van der Waals surface area contributed by atoms with Gasteiger partial charge in [-0.15, -0.1) is 0 Å². The summed E-state index contributed by atoms with van der Waals surface area (Å²) in [7, 11) is 0. The van der Waals surface area contributed by atoms with Crippen LogP contribution in [0, 0.1) is 22.7 Å². The first-order valence-corrected chi connectivity index (χ1v) is 17.5. The fourth-order valence-electron chi connectivity index (χ4n) is 10.7. The molecular formula is C46H36N2. The molecule has 4 aliphatic carbocycles. The molecular weight excluding hydrogens is 581 g/mol. The van der Waals surface area contributed by atoms with Gasteiger partial charge in [0.05, 0.1) is 23.3 Å². The van der Waals surface area contributed by atoms with Crippen LogP contribution >= 0.6 is 0 Å². The Morgan fingerprint density at radius 3 is 1.60 bits per heavy atom. The normalized spacial score (nSPS) is 18.0. The maximum atomic E-state index is 10.2. The van der Waals surface area contributed by atoms with Crippen molar-refractivity contribution in [3.63, 3.8) is 0 Å². The molecule has 1 saturated carbocycles. The van der Waals surface area contributed by atoms with Crippen molar-refractivity contribution in [3.8, 4) is 45.5 Å². The first-order chi connectivity index (χ1) is 23.2. The molecule has 2 nitrogen and oxygen atoms in total. The SMILES string of the molecule is CC1(C)c2cc3c(cc2-c2c1cc(C#N)c1ccccc21)C1(CCCCC1)c1c-3ccc2c1C(C)(C)c1cc(C#N)c3ccccc3c1-2. The molecule has 0 radical (unpaired) electrons. The number of benzene rings is 6. The maximum absolute atomic E-state index is 10.2. The quantitative estimate of drug-likeness (QED) is 0.170. The molecule has 0 saturated heterocycles. The predicted molar refractivity (Wildman–Crippen MR) is 195 cm³/mol. The molecule has 0 bridgehead atoms. The zero-order chi connectivity index (χ0) is 32.7. The molecule has 6 aromatic carbocycles. The maximum Gasteiger partial charge on any atom is 0.0998 e. The zero-order valence-electron chi connectivity index (χ0n) is 28.0. The number of rotatable bonds is 0. The van der Waals surface area contributed by atoms with E-state index in [2.05, 4.69) is 125 Å². The summed E-state index contributed by atoms with van der Waals surface area (Å²) in [5, 5.41) is 24.9. The van der Waals surface area contributed by atoms with Crippen LogP contribution in [0.25, 0.3) is 54.9 Å². The Morgan fingerprint density at radius 1 is 0.479 bits per heavy atom. The predicted octanol–water partition coefficient (Wildman–Crippen LogP) is 11.6. The van der Waals surface area contributed by atoms with Gasteiger partial charge in [0.25, 0.3) is 0 Å². The summed E-state index contributed by atoms with van der Waals surface area (Å²) in [6.45, 7) is 9.47. The largest absolute Gasteiger partial charge is 0.192 e. The van der Waals surface area contributed by atoms with Gasteiger partial charge in [0.15, 0.2) is 0 Å². The molecule has 230 valence electrons. The molecule has 1 spiro atoms. The van der Waals surface area contributed by atoms with E-state index in [1.165, 1.54) is 91.2 Å². The van der Waals surface area contributed by atoms with Crippen LogP contribution in [-0.4, -0.2) is 0 Å². The van der Waals surface area contributed by atoms with Crippen molar-refractivity contribution < 1.29 is 0 Å². The van der Waals surface area contributed by atoms with Gasteiger partial charge in [-0.3, -0.25) is 0 Å². The van der Waals surface area contributed by atoms with Crippen LogP contribution in [0.1, 0.15) is 104 Å². The van der Waals surface area contributed by atoms with Gasteiger partial charge >= 0.3 is 0 Å². The van der Waals surface area contributed by atoms with E-state index in [-0.39, 0.29) is 16.2 Å². The number of fused-ring (bicyclic) bond motifs is 16. The first kappa shape index (κ1) is 27.9. The van der Waals surface area contributed by atoms with E-state index in [1.54, 1.807) is 5.56 Å². The third-order valence-electron chi connectivity index (χ3n) is 12.9. The number of hydrogen-bond donors (Lipinski definition) is 0. The van der Waals surface area contributed by atoms with Crippen molar-refractivity contribution in [3.05, 3.63) is 129 Å². The summed E-state index contributed by atoms with van der Waals surface area (Å²) in [6.07, 6.45) is 6.05. The lowest BCUT2D eigenvalue weighted by Gasteiger charge is -2.39. The molecule has 0 aliphatic heterocycles. The molecule has 0 aromatic heterocycles. The Morgan fingerprint density at radius 2 is 1.00 bits per heavy atom. The lowest BCUT2D eigenvalue weighted by Crippen LogP contribution is -2.31. The van der Waals surface area contributed by atoms with E-state index >= 15 is 0 Å². The first-order valence-electron chi connectivity index (χ1n) is 17.5. The summed E-state index contributed by atoms with van der Waals surface area (Å²) in [5.41, 5.74) is 17.5. The van der Waals surface area contributed by atoms with E-state index in [0.29, 0.717) is 0 Å². The Kier molecular flexibility index (Phi) is 5.25. The molecule has 1 fully saturated rings. The Hall–Kier alpha value is -5.18. The summed E-state index contributed by atoms with van der Waals surface area (Å²) < 4.78 is 0. The molecule has 0 atom stereocenters. The van der Waals surface area contributed by atoms with Crippen LogP contribution in [0.4, 0.5) is 0 Å². The van der Waals surface area contributed by atoms with Gasteiger partial charge in [0, 0.05) is 27.0 Å². The number of nitriles is 2. The van der Waals surface area contributed by atoms with Crippen molar-refractivity contribution in [2.75, 3.05) is 0 Å². The van der Waals surface area contributed by atoms with Gasteiger partial charge in [-0.25, -0.2) is 0 Å². The Labute approximate surface area is 282 Å². The van der Waals surface area contributed by atoms with Crippen LogP contribution in [-0.2, 0) is 16.2 Å². The smallest absolute Gasteiger partial charge is 0.0998 e. The molecule has 0 N–H and O–H groups in total. The molecule has 4 aliphatic rings. The van der Waals surface area contributed by atoms with Crippen molar-refractivity contribution >= 4 is 21.5 Å². The minimum Gasteiger partial charge on any atom is -0.192 e. The van der Waals surface area contributed by atoms with Gasteiger partial charge in [-0.2, -0.15) is 10.5 Å². The second-order valence-electron chi connectivity index (χ2n) is 15.8. The van der Waals surface area contributed by atoms with E-state index in [9.17, 15) is 10.5 Å². The number of nitrogens with zero attached hydrogens (tertiary/aromatic N) is 2. The van der Waals surface area contributed by atoms with Crippen molar-refractivity contribution in [1.29, 1.82) is 10.5 Å². The third-order valence-corrected chi connectivity index (χ3v) is 12.9. The fraction of sp³-hybridized carbons (Fsp3) is 0.261. The molecule has 0 unspecified atom stereocenters. The van der Waals surface area contributed by atoms with Crippen molar-refractivity contribution in [2.24, 2.45) is 0 Å². The van der Waals surface area contributed by atoms with E-state index < -0.39 is 0 Å². The summed E-state index contributed by atoms with van der Waals surface area (Å²) >= 11 is 0. The van der Waals surface area contributed by atoms with Crippen LogP contribution in [0.2, 0.25) is 0 Å². The van der Waals surface area contributed by atoms with Gasteiger partial charge in [-0.05, 0) is 115 Å². The zero-order valence-corrected chi connectivity index (χ0v) is 28.0. The monoisotopic (exact) mass is 616 g/mol. The van der Waals surface area contributed by atoms with Gasteiger partial charge in [0.1, 0.15) is 0 Å². The molecule has 6 aromatic rings.